The number of aliphatic hydroxyl groups is 4. The van der Waals surface area contributed by atoms with Gasteiger partial charge in [-0.3, -0.25) is 4.90 Å². The van der Waals surface area contributed by atoms with E-state index in [-0.39, 0.29) is 12.6 Å². The molecule has 96 valence electrons. The van der Waals surface area contributed by atoms with E-state index in [9.17, 15) is 20.4 Å². The maximum atomic E-state index is 9.69. The normalized spacial score (nSPS) is 41.6. The summed E-state index contributed by atoms with van der Waals surface area (Å²) in [7, 11) is -0.576. The highest BCUT2D eigenvalue weighted by molar-refractivity contribution is 7.45. The predicted molar refractivity (Wildman–Crippen MR) is 56.4 cm³/mol. The fourth-order valence-electron chi connectivity index (χ4n) is 1.91. The van der Waals surface area contributed by atoms with Gasteiger partial charge in [-0.15, -0.1) is 0 Å². The molecule has 1 heterocycles. The minimum atomic E-state index is -2.07. The van der Waals surface area contributed by atoms with Crippen molar-refractivity contribution >= 4 is 8.38 Å². The lowest BCUT2D eigenvalue weighted by Crippen LogP contribution is -2.65. The van der Waals surface area contributed by atoms with E-state index in [0.717, 1.165) is 0 Å². The molecule has 0 bridgehead atoms. The molecule has 0 saturated carbocycles. The molecule has 8 heteroatoms. The third kappa shape index (κ3) is 2.88. The zero-order valence-corrected chi connectivity index (χ0v) is 9.77. The Morgan fingerprint density at radius 1 is 1.00 bits per heavy atom. The van der Waals surface area contributed by atoms with Crippen LogP contribution in [0.3, 0.4) is 0 Å². The Morgan fingerprint density at radius 2 is 1.56 bits per heavy atom. The Balaban J connectivity index is 2.67. The topological polar surface area (TPSA) is 125 Å². The van der Waals surface area contributed by atoms with Gasteiger partial charge in [0.15, 0.2) is 8.38 Å². The fourth-order valence-corrected chi connectivity index (χ4v) is 2.40. The molecule has 0 spiro atoms. The summed E-state index contributed by atoms with van der Waals surface area (Å²) in [6, 6.07) is -0.613. The number of likely N-dealkylation sites (tertiary alicyclic amines) is 1. The smallest absolute Gasteiger partial charge is 0.164 e. The van der Waals surface area contributed by atoms with Gasteiger partial charge >= 0.3 is 0 Å². The van der Waals surface area contributed by atoms with E-state index in [1.807, 2.05) is 0 Å². The second-order valence-corrected chi connectivity index (χ2v) is 5.19. The molecule has 1 aliphatic heterocycles. The average molecular weight is 255 g/mol. The summed E-state index contributed by atoms with van der Waals surface area (Å²) < 4.78 is 0. The summed E-state index contributed by atoms with van der Waals surface area (Å²) in [6.07, 6.45) is -5.06. The predicted octanol–water partition coefficient (Wildman–Crippen LogP) is -2.61. The zero-order valence-electron chi connectivity index (χ0n) is 8.88. The Bertz CT molecular complexity index is 215. The maximum Gasteiger partial charge on any atom is 0.164 e. The molecule has 6 N–H and O–H groups in total. The van der Waals surface area contributed by atoms with E-state index >= 15 is 0 Å². The van der Waals surface area contributed by atoms with Crippen molar-refractivity contribution in [1.29, 1.82) is 0 Å². The van der Waals surface area contributed by atoms with Crippen LogP contribution in [0.4, 0.5) is 0 Å². The summed E-state index contributed by atoms with van der Waals surface area (Å²) in [5.74, 6) is 0. The molecular weight excluding hydrogens is 237 g/mol. The molecule has 0 aromatic rings. The van der Waals surface area contributed by atoms with Gasteiger partial charge in [0.1, 0.15) is 18.4 Å². The van der Waals surface area contributed by atoms with Crippen molar-refractivity contribution in [3.63, 3.8) is 0 Å². The molecule has 1 rings (SSSR count). The summed E-state index contributed by atoms with van der Waals surface area (Å²) in [6.45, 7) is 0. The van der Waals surface area contributed by atoms with Gasteiger partial charge in [-0.05, 0) is 13.5 Å². The molecule has 0 aliphatic carbocycles. The van der Waals surface area contributed by atoms with E-state index in [1.165, 1.54) is 11.9 Å². The lowest BCUT2D eigenvalue weighted by molar-refractivity contribution is -0.210. The largest absolute Gasteiger partial charge is 0.389 e. The van der Waals surface area contributed by atoms with Crippen molar-refractivity contribution in [1.82, 2.24) is 4.90 Å². The third-order valence-electron chi connectivity index (χ3n) is 2.96. The standard InChI is InChI=1S/C8H18NO6P/c1-9-4(2-3-16(14)15)5(10)6(11)7(12)8(9)13/h4-8,10-15H,2-3H2,1H3/t4?,5-,6?,7?,8-/m1/s1. The molecule has 5 atom stereocenters. The first-order valence-corrected chi connectivity index (χ1v) is 6.39. The number of hydrogen-bond acceptors (Lipinski definition) is 7. The number of likely N-dealkylation sites (N-methyl/N-ethyl adjacent to an activating group) is 1. The second kappa shape index (κ2) is 5.66. The van der Waals surface area contributed by atoms with Crippen LogP contribution >= 0.6 is 8.38 Å². The molecule has 16 heavy (non-hydrogen) atoms. The van der Waals surface area contributed by atoms with Crippen molar-refractivity contribution in [3.05, 3.63) is 0 Å². The minimum Gasteiger partial charge on any atom is -0.389 e. The van der Waals surface area contributed by atoms with Gasteiger partial charge in [-0.1, -0.05) is 0 Å². The lowest BCUT2D eigenvalue weighted by atomic mass is 9.91. The molecule has 1 aliphatic rings. The van der Waals surface area contributed by atoms with Crippen LogP contribution in [0.1, 0.15) is 6.42 Å². The second-order valence-electron chi connectivity index (χ2n) is 4.00. The molecule has 1 saturated heterocycles. The van der Waals surface area contributed by atoms with Gasteiger partial charge in [0.25, 0.3) is 0 Å². The number of rotatable bonds is 3. The van der Waals surface area contributed by atoms with Gasteiger partial charge in [-0.2, -0.15) is 0 Å². The SMILES string of the molecule is CN1C(CCP(O)O)[C@@H](O)C(O)C(O)[C@H]1O. The molecule has 3 unspecified atom stereocenters. The van der Waals surface area contributed by atoms with Gasteiger partial charge in [-0.25, -0.2) is 0 Å². The van der Waals surface area contributed by atoms with Gasteiger partial charge in [0, 0.05) is 12.2 Å². The number of hydrogen-bond donors (Lipinski definition) is 6. The summed E-state index contributed by atoms with van der Waals surface area (Å²) in [5.41, 5.74) is 0. The Morgan fingerprint density at radius 3 is 2.06 bits per heavy atom. The van der Waals surface area contributed by atoms with Crippen LogP contribution in [-0.2, 0) is 0 Å². The van der Waals surface area contributed by atoms with Crippen LogP contribution in [0.5, 0.6) is 0 Å². The first-order valence-electron chi connectivity index (χ1n) is 4.95. The van der Waals surface area contributed by atoms with E-state index in [4.69, 9.17) is 9.79 Å². The van der Waals surface area contributed by atoms with Gasteiger partial charge in [0.2, 0.25) is 0 Å². The highest BCUT2D eigenvalue weighted by Gasteiger charge is 2.45. The van der Waals surface area contributed by atoms with Crippen LogP contribution in [0.2, 0.25) is 0 Å². The van der Waals surface area contributed by atoms with E-state index in [1.54, 1.807) is 0 Å². The molecule has 0 aromatic heterocycles. The lowest BCUT2D eigenvalue weighted by Gasteiger charge is -2.45. The summed E-state index contributed by atoms with van der Waals surface area (Å²) in [5, 5.41) is 38.1. The van der Waals surface area contributed by atoms with Crippen LogP contribution < -0.4 is 0 Å². The van der Waals surface area contributed by atoms with Crippen LogP contribution in [0, 0.1) is 0 Å². The van der Waals surface area contributed by atoms with E-state index in [2.05, 4.69) is 0 Å². The first kappa shape index (κ1) is 14.2. The molecule has 0 amide bonds. The third-order valence-corrected chi connectivity index (χ3v) is 3.62. The van der Waals surface area contributed by atoms with Crippen LogP contribution in [-0.4, -0.2) is 78.9 Å². The molecule has 1 fully saturated rings. The Kier molecular flexibility index (Phi) is 5.03. The van der Waals surface area contributed by atoms with Crippen molar-refractivity contribution in [2.45, 2.75) is 37.0 Å². The van der Waals surface area contributed by atoms with Crippen LogP contribution in [0.15, 0.2) is 0 Å². The van der Waals surface area contributed by atoms with Crippen LogP contribution in [0.25, 0.3) is 0 Å². The van der Waals surface area contributed by atoms with Gasteiger partial charge < -0.3 is 30.2 Å². The first-order chi connectivity index (χ1) is 7.36. The summed E-state index contributed by atoms with van der Waals surface area (Å²) >= 11 is 0. The van der Waals surface area contributed by atoms with Crippen molar-refractivity contribution in [2.75, 3.05) is 13.2 Å². The molecule has 7 nitrogen and oxygen atoms in total. The zero-order chi connectivity index (χ0) is 12.5. The van der Waals surface area contributed by atoms with E-state index in [0.29, 0.717) is 0 Å². The molecular formula is C8H18NO6P. The Labute approximate surface area is 94.5 Å². The quantitative estimate of drug-likeness (QED) is 0.305. The highest BCUT2D eigenvalue weighted by Crippen LogP contribution is 2.29. The maximum absolute atomic E-state index is 9.69. The minimum absolute atomic E-state index is 0.0803. The molecule has 0 aromatic carbocycles. The van der Waals surface area contributed by atoms with Crippen molar-refractivity contribution < 1.29 is 30.2 Å². The van der Waals surface area contributed by atoms with Gasteiger partial charge in [0.05, 0.1) is 6.10 Å². The number of aliphatic hydroxyl groups excluding tert-OH is 4. The van der Waals surface area contributed by atoms with Crippen molar-refractivity contribution in [2.24, 2.45) is 0 Å². The number of piperidine rings is 1. The summed E-state index contributed by atoms with van der Waals surface area (Å²) in [4.78, 5) is 18.9. The number of nitrogens with zero attached hydrogens (tertiary/aromatic N) is 1. The fraction of sp³-hybridized carbons (Fsp3) is 1.00. The molecule has 0 radical (unpaired) electrons. The Hall–Kier alpha value is 0.150. The van der Waals surface area contributed by atoms with Crippen molar-refractivity contribution in [3.8, 4) is 0 Å². The average Bonchev–Trinajstić information content (AvgIpc) is 2.23. The van der Waals surface area contributed by atoms with E-state index < -0.39 is 39.0 Å². The monoisotopic (exact) mass is 255 g/mol. The highest BCUT2D eigenvalue weighted by atomic mass is 31.2.